The minimum Gasteiger partial charge on any atom is -0.504 e. The molecule has 0 unspecified atom stereocenters. The van der Waals surface area contributed by atoms with Crippen molar-refractivity contribution < 1.29 is 52.8 Å². The number of aldehydes is 1. The maximum Gasteiger partial charge on any atom is 0.300 e. The molecule has 6 rings (SSSR count). The SMILES string of the molecule is C.CC(=O)O.CCOc1cc(/C=C2\SC(=S)N(c3ccc(F)nc3)C2=O)ccc1O.CCOc1cc(C=O)ccc1O.N.O=C1CSC(=S)N1c1ccc(F)nc1. The lowest BCUT2D eigenvalue weighted by atomic mass is 10.2. The molecular formula is C37H39F2N5O9S4. The smallest absolute Gasteiger partial charge is 0.300 e. The van der Waals surface area contributed by atoms with E-state index in [0.29, 0.717) is 72.8 Å². The summed E-state index contributed by atoms with van der Waals surface area (Å²) in [5, 5.41) is 26.4. The average molecular weight is 864 g/mol. The largest absolute Gasteiger partial charge is 0.504 e. The Labute approximate surface area is 346 Å². The molecule has 4 aromatic rings. The lowest BCUT2D eigenvalue weighted by Gasteiger charge is -2.13. The van der Waals surface area contributed by atoms with Crippen molar-refractivity contribution in [3.63, 3.8) is 0 Å². The van der Waals surface area contributed by atoms with Gasteiger partial charge in [0.15, 0.2) is 27.3 Å². The van der Waals surface area contributed by atoms with Crippen LogP contribution in [0.5, 0.6) is 23.0 Å². The second kappa shape index (κ2) is 24.2. The zero-order valence-corrected chi connectivity index (χ0v) is 33.1. The number of carboxylic acid groups (broad SMARTS) is 1. The van der Waals surface area contributed by atoms with Crippen molar-refractivity contribution in [3.8, 4) is 23.0 Å². The standard InChI is InChI=1S/C17H13FN2O3S2.C9H10O3.C8H5FN2OS2.C2H4O2.CH4.H3N/c1-2-23-13-7-10(3-5-12(13)21)8-14-16(22)20(17(24)25-14)11-4-6-15(18)19-9-11;1-2-12-9-5-7(6-10)3-4-8(9)11;9-6-2-1-5(3-10-6)11-7(12)4-14-8(11)13;1-2(3)4;;/h3-9,21H,2H2,1H3;3-6,11H,2H2,1H3;1-3H,4H2;1H3,(H,3,4);1H4;1H3/b14-8-;;;;;. The molecule has 2 aromatic heterocycles. The van der Waals surface area contributed by atoms with Crippen LogP contribution in [0.25, 0.3) is 6.08 Å². The number of amides is 2. The van der Waals surface area contributed by atoms with Crippen molar-refractivity contribution in [1.82, 2.24) is 16.1 Å². The van der Waals surface area contributed by atoms with Gasteiger partial charge in [-0.05, 0) is 80.1 Å². The number of phenolic OH excluding ortho intramolecular Hbond substituents is 2. The highest BCUT2D eigenvalue weighted by Crippen LogP contribution is 2.37. The van der Waals surface area contributed by atoms with E-state index in [1.807, 2.05) is 13.8 Å². The number of phenols is 2. The third-order valence-electron chi connectivity index (χ3n) is 6.49. The Morgan fingerprint density at radius 3 is 1.74 bits per heavy atom. The van der Waals surface area contributed by atoms with E-state index < -0.39 is 17.9 Å². The average Bonchev–Trinajstić information content (AvgIpc) is 3.63. The van der Waals surface area contributed by atoms with Gasteiger partial charge in [-0.3, -0.25) is 29.0 Å². The lowest BCUT2D eigenvalue weighted by Crippen LogP contribution is -2.27. The Morgan fingerprint density at radius 2 is 1.32 bits per heavy atom. The van der Waals surface area contributed by atoms with E-state index in [-0.39, 0.29) is 36.9 Å². The molecule has 0 spiro atoms. The second-order valence-corrected chi connectivity index (χ2v) is 13.7. The maximum absolute atomic E-state index is 13.0. The van der Waals surface area contributed by atoms with Crippen LogP contribution in [0.1, 0.15) is 44.1 Å². The monoisotopic (exact) mass is 863 g/mol. The first kappa shape index (κ1) is 49.5. The fourth-order valence-electron chi connectivity index (χ4n) is 4.21. The number of ether oxygens (including phenoxy) is 2. The first-order valence-electron chi connectivity index (χ1n) is 15.8. The molecule has 2 aliphatic heterocycles. The number of carbonyl (C=O) groups excluding carboxylic acids is 3. The highest BCUT2D eigenvalue weighted by molar-refractivity contribution is 8.27. The number of anilines is 2. The number of hydrogen-bond donors (Lipinski definition) is 4. The molecule has 0 radical (unpaired) electrons. The number of aliphatic carboxylic acids is 1. The molecule has 0 atom stereocenters. The number of thiocarbonyl (C=S) groups is 2. The summed E-state index contributed by atoms with van der Waals surface area (Å²) >= 11 is 12.7. The molecule has 2 amide bonds. The molecule has 0 bridgehead atoms. The van der Waals surface area contributed by atoms with Gasteiger partial charge in [0, 0.05) is 12.5 Å². The number of carbonyl (C=O) groups is 4. The van der Waals surface area contributed by atoms with Crippen molar-refractivity contribution in [2.45, 2.75) is 28.2 Å². The number of halogens is 2. The maximum atomic E-state index is 13.0. The summed E-state index contributed by atoms with van der Waals surface area (Å²) < 4.78 is 36.7. The van der Waals surface area contributed by atoms with Gasteiger partial charge in [-0.15, -0.1) is 0 Å². The summed E-state index contributed by atoms with van der Waals surface area (Å²) in [7, 11) is 0. The molecule has 14 nitrogen and oxygen atoms in total. The first-order valence-corrected chi connectivity index (χ1v) is 18.4. The van der Waals surface area contributed by atoms with E-state index in [9.17, 15) is 33.4 Å². The predicted octanol–water partition coefficient (Wildman–Crippen LogP) is 7.81. The molecule has 4 heterocycles. The van der Waals surface area contributed by atoms with Crippen molar-refractivity contribution in [3.05, 3.63) is 101 Å². The van der Waals surface area contributed by atoms with E-state index in [4.69, 9.17) is 43.8 Å². The molecule has 0 aliphatic carbocycles. The van der Waals surface area contributed by atoms with Crippen molar-refractivity contribution in [2.75, 3.05) is 28.8 Å². The fourth-order valence-corrected chi connectivity index (χ4v) is 6.61. The van der Waals surface area contributed by atoms with Gasteiger partial charge in [-0.25, -0.2) is 9.97 Å². The van der Waals surface area contributed by atoms with Gasteiger partial charge in [0.1, 0.15) is 10.6 Å². The number of carboxylic acids is 1. The van der Waals surface area contributed by atoms with Crippen LogP contribution >= 0.6 is 48.0 Å². The molecule has 57 heavy (non-hydrogen) atoms. The van der Waals surface area contributed by atoms with E-state index in [0.717, 1.165) is 18.7 Å². The third kappa shape index (κ3) is 14.8. The van der Waals surface area contributed by atoms with Crippen molar-refractivity contribution >= 4 is 98.1 Å². The zero-order valence-electron chi connectivity index (χ0n) is 29.9. The molecule has 20 heteroatoms. The molecule has 304 valence electrons. The Kier molecular flexibility index (Phi) is 21.0. The van der Waals surface area contributed by atoms with Crippen molar-refractivity contribution in [2.24, 2.45) is 0 Å². The summed E-state index contributed by atoms with van der Waals surface area (Å²) in [5.74, 6) is -1.31. The van der Waals surface area contributed by atoms with E-state index in [2.05, 4.69) is 9.97 Å². The number of aromatic nitrogens is 2. The molecule has 2 aliphatic rings. The zero-order chi connectivity index (χ0) is 40.7. The molecular weight excluding hydrogens is 825 g/mol. The van der Waals surface area contributed by atoms with E-state index >= 15 is 0 Å². The van der Waals surface area contributed by atoms with Crippen LogP contribution in [0, 0.1) is 11.9 Å². The number of nitrogens with zero attached hydrogens (tertiary/aromatic N) is 4. The minimum absolute atomic E-state index is 0. The fraction of sp³-hybridized carbons (Fsp3) is 0.189. The summed E-state index contributed by atoms with van der Waals surface area (Å²) in [5.41, 5.74) is 2.12. The van der Waals surface area contributed by atoms with Gasteiger partial charge in [-0.1, -0.05) is 61.5 Å². The molecule has 2 aromatic carbocycles. The van der Waals surface area contributed by atoms with Crippen LogP contribution in [0.2, 0.25) is 0 Å². The Hall–Kier alpha value is -5.54. The van der Waals surface area contributed by atoms with Crippen LogP contribution in [0.4, 0.5) is 20.2 Å². The first-order chi connectivity index (χ1) is 26.2. The number of aromatic hydroxyl groups is 2. The molecule has 0 saturated carbocycles. The van der Waals surface area contributed by atoms with E-state index in [1.165, 1.54) is 82.5 Å². The Morgan fingerprint density at radius 1 is 0.842 bits per heavy atom. The van der Waals surface area contributed by atoms with Crippen LogP contribution in [0.3, 0.4) is 0 Å². The van der Waals surface area contributed by atoms with Crippen molar-refractivity contribution in [1.29, 1.82) is 0 Å². The summed E-state index contributed by atoms with van der Waals surface area (Å²) in [6.07, 6.45) is 4.93. The minimum atomic E-state index is -0.833. The normalized spacial score (nSPS) is 13.5. The third-order valence-corrected chi connectivity index (χ3v) is 9.15. The van der Waals surface area contributed by atoms with E-state index in [1.54, 1.807) is 18.2 Å². The van der Waals surface area contributed by atoms with Gasteiger partial charge in [0.2, 0.25) is 17.8 Å². The number of rotatable bonds is 8. The quantitative estimate of drug-likeness (QED) is 0.0575. The second-order valence-electron chi connectivity index (χ2n) is 10.4. The topological polar surface area (TPSA) is 215 Å². The lowest BCUT2D eigenvalue weighted by molar-refractivity contribution is -0.134. The number of benzene rings is 2. The molecule has 2 saturated heterocycles. The van der Waals surface area contributed by atoms with Crippen LogP contribution in [-0.4, -0.2) is 77.0 Å². The Balaban J connectivity index is 0.000000432. The van der Waals surface area contributed by atoms with Gasteiger partial charge < -0.3 is 30.9 Å². The van der Waals surface area contributed by atoms with Gasteiger partial charge in [-0.2, -0.15) is 8.78 Å². The van der Waals surface area contributed by atoms with Gasteiger partial charge in [0.25, 0.3) is 11.9 Å². The highest BCUT2D eigenvalue weighted by Gasteiger charge is 2.33. The number of pyridine rings is 2. The predicted molar refractivity (Wildman–Crippen MR) is 226 cm³/mol. The molecule has 2 fully saturated rings. The van der Waals surface area contributed by atoms with Crippen LogP contribution in [-0.2, 0) is 14.4 Å². The van der Waals surface area contributed by atoms with Crippen LogP contribution in [0.15, 0.2) is 78.0 Å². The highest BCUT2D eigenvalue weighted by atomic mass is 32.2. The number of hydrogen-bond acceptors (Lipinski definition) is 15. The number of thioether (sulfide) groups is 2. The summed E-state index contributed by atoms with van der Waals surface area (Å²) in [6.45, 7) is 5.59. The van der Waals surface area contributed by atoms with Gasteiger partial charge in [0.05, 0.1) is 47.6 Å². The summed E-state index contributed by atoms with van der Waals surface area (Å²) in [4.78, 5) is 53.4. The van der Waals surface area contributed by atoms with Crippen LogP contribution < -0.4 is 25.4 Å². The molecule has 6 N–H and O–H groups in total. The Bertz CT molecular complexity index is 2060. The van der Waals surface area contributed by atoms with Gasteiger partial charge >= 0.3 is 0 Å². The summed E-state index contributed by atoms with van der Waals surface area (Å²) in [6, 6.07) is 14.6.